The van der Waals surface area contributed by atoms with Gasteiger partial charge in [-0.2, -0.15) is 0 Å². The summed E-state index contributed by atoms with van der Waals surface area (Å²) in [4.78, 5) is 12.4. The molecule has 21 heavy (non-hydrogen) atoms. The van der Waals surface area contributed by atoms with Crippen molar-refractivity contribution in [1.29, 1.82) is 0 Å². The van der Waals surface area contributed by atoms with Crippen molar-refractivity contribution in [3.8, 4) is 0 Å². The zero-order valence-corrected chi connectivity index (χ0v) is 15.3. The predicted octanol–water partition coefficient (Wildman–Crippen LogP) is 5.54. The zero-order valence-electron chi connectivity index (χ0n) is 10.6. The summed E-state index contributed by atoms with van der Waals surface area (Å²) < 4.78 is -0.0390. The first-order valence-corrected chi connectivity index (χ1v) is 8.49. The normalized spacial score (nSPS) is 20.3. The maximum atomic E-state index is 12.4. The van der Waals surface area contributed by atoms with E-state index in [2.05, 4.69) is 37.2 Å². The highest BCUT2D eigenvalue weighted by atomic mass is 79.9. The Morgan fingerprint density at radius 2 is 1.81 bits per heavy atom. The molecular formula is C15H9Br2Cl2NO. The van der Waals surface area contributed by atoms with Crippen LogP contribution in [0.5, 0.6) is 0 Å². The van der Waals surface area contributed by atoms with Gasteiger partial charge in [0, 0.05) is 27.2 Å². The fourth-order valence-electron chi connectivity index (χ4n) is 2.38. The van der Waals surface area contributed by atoms with Crippen molar-refractivity contribution in [2.24, 2.45) is 0 Å². The number of nitrogens with one attached hydrogen (secondary N) is 1. The molecule has 1 aliphatic heterocycles. The van der Waals surface area contributed by atoms with Crippen LogP contribution < -0.4 is 5.32 Å². The largest absolute Gasteiger partial charge is 0.324 e. The lowest BCUT2D eigenvalue weighted by molar-refractivity contribution is -0.117. The topological polar surface area (TPSA) is 29.1 Å². The number of carbonyl (C=O) groups is 1. The zero-order chi connectivity index (χ0) is 15.2. The lowest BCUT2D eigenvalue weighted by Crippen LogP contribution is -2.30. The molecule has 1 N–H and O–H groups in total. The van der Waals surface area contributed by atoms with E-state index in [0.29, 0.717) is 16.5 Å². The molecule has 0 fully saturated rings. The van der Waals surface area contributed by atoms with Gasteiger partial charge in [-0.05, 0) is 45.8 Å². The number of rotatable bonds is 2. The third-order valence-corrected chi connectivity index (χ3v) is 5.97. The van der Waals surface area contributed by atoms with Crippen LogP contribution >= 0.6 is 55.1 Å². The Morgan fingerprint density at radius 1 is 1.14 bits per heavy atom. The van der Waals surface area contributed by atoms with Gasteiger partial charge < -0.3 is 5.32 Å². The van der Waals surface area contributed by atoms with Crippen molar-refractivity contribution in [2.75, 3.05) is 5.32 Å². The van der Waals surface area contributed by atoms with Gasteiger partial charge in [0.2, 0.25) is 5.91 Å². The quantitative estimate of drug-likeness (QED) is 0.599. The summed E-state index contributed by atoms with van der Waals surface area (Å²) in [6.07, 6.45) is 0.525. The van der Waals surface area contributed by atoms with Gasteiger partial charge in [-0.25, -0.2) is 0 Å². The van der Waals surface area contributed by atoms with Crippen molar-refractivity contribution >= 4 is 66.7 Å². The fourth-order valence-corrected chi connectivity index (χ4v) is 3.76. The standard InChI is InChI=1S/C15H9Br2Cl2NO/c16-11-5-10-13(6-12(11)19)20-14(21)15(10,17)7-8-1-3-9(18)4-2-8/h1-6H,7H2,(H,20,21). The molecule has 1 aliphatic rings. The molecule has 0 saturated carbocycles. The summed E-state index contributed by atoms with van der Waals surface area (Å²) in [6, 6.07) is 11.1. The second-order valence-corrected chi connectivity index (χ2v) is 7.92. The molecule has 2 nitrogen and oxygen atoms in total. The molecule has 1 atom stereocenters. The maximum Gasteiger partial charge on any atom is 0.246 e. The van der Waals surface area contributed by atoms with Gasteiger partial charge in [-0.1, -0.05) is 51.3 Å². The lowest BCUT2D eigenvalue weighted by Gasteiger charge is -2.20. The number of anilines is 1. The van der Waals surface area contributed by atoms with Gasteiger partial charge >= 0.3 is 0 Å². The third-order valence-electron chi connectivity index (χ3n) is 3.46. The van der Waals surface area contributed by atoms with Crippen LogP contribution in [-0.2, 0) is 15.5 Å². The van der Waals surface area contributed by atoms with Gasteiger partial charge in [0.15, 0.2) is 0 Å². The van der Waals surface area contributed by atoms with E-state index in [0.717, 1.165) is 21.3 Å². The molecule has 2 aromatic carbocycles. The van der Waals surface area contributed by atoms with E-state index in [4.69, 9.17) is 23.2 Å². The lowest BCUT2D eigenvalue weighted by atomic mass is 9.93. The van der Waals surface area contributed by atoms with Crippen molar-refractivity contribution in [1.82, 2.24) is 0 Å². The number of carbonyl (C=O) groups excluding carboxylic acids is 1. The smallest absolute Gasteiger partial charge is 0.246 e. The number of amides is 1. The summed E-state index contributed by atoms with van der Waals surface area (Å²) in [6.45, 7) is 0. The van der Waals surface area contributed by atoms with Crippen LogP contribution in [0.25, 0.3) is 0 Å². The van der Waals surface area contributed by atoms with Crippen molar-refractivity contribution in [3.05, 3.63) is 62.0 Å². The third kappa shape index (κ3) is 2.74. The monoisotopic (exact) mass is 447 g/mol. The number of fused-ring (bicyclic) bond motifs is 1. The van der Waals surface area contributed by atoms with E-state index in [9.17, 15) is 4.79 Å². The number of hydrogen-bond donors (Lipinski definition) is 1. The molecule has 0 aliphatic carbocycles. The predicted molar refractivity (Wildman–Crippen MR) is 93.5 cm³/mol. The van der Waals surface area contributed by atoms with Crippen molar-refractivity contribution < 1.29 is 4.79 Å². The van der Waals surface area contributed by atoms with Crippen LogP contribution in [0, 0.1) is 0 Å². The van der Waals surface area contributed by atoms with E-state index >= 15 is 0 Å². The van der Waals surface area contributed by atoms with Crippen LogP contribution in [0.15, 0.2) is 40.9 Å². The molecule has 0 saturated heterocycles. The molecule has 0 bridgehead atoms. The summed E-state index contributed by atoms with van der Waals surface area (Å²) in [5, 5.41) is 4.11. The first-order valence-electron chi connectivity index (χ1n) is 6.14. The minimum absolute atomic E-state index is 0.0957. The highest BCUT2D eigenvalue weighted by Gasteiger charge is 2.45. The highest BCUT2D eigenvalue weighted by Crippen LogP contribution is 2.47. The van der Waals surface area contributed by atoms with E-state index in [1.165, 1.54) is 0 Å². The number of benzene rings is 2. The fraction of sp³-hybridized carbons (Fsp3) is 0.133. The molecule has 0 aromatic heterocycles. The van der Waals surface area contributed by atoms with Gasteiger partial charge in [-0.3, -0.25) is 4.79 Å². The van der Waals surface area contributed by atoms with Crippen LogP contribution in [0.3, 0.4) is 0 Å². The van der Waals surface area contributed by atoms with Gasteiger partial charge in [0.25, 0.3) is 0 Å². The van der Waals surface area contributed by atoms with Crippen molar-refractivity contribution in [2.45, 2.75) is 10.7 Å². The Hall–Kier alpha value is -0.550. The SMILES string of the molecule is O=C1Nc2cc(Cl)c(Br)cc2C1(Br)Cc1ccc(Cl)cc1. The summed E-state index contributed by atoms with van der Waals surface area (Å²) in [5.74, 6) is -0.0957. The average Bonchev–Trinajstić information content (AvgIpc) is 2.66. The Kier molecular flexibility index (Phi) is 4.08. The van der Waals surface area contributed by atoms with Crippen LogP contribution in [0.1, 0.15) is 11.1 Å². The van der Waals surface area contributed by atoms with Crippen LogP contribution in [-0.4, -0.2) is 5.91 Å². The Morgan fingerprint density at radius 3 is 2.48 bits per heavy atom. The minimum Gasteiger partial charge on any atom is -0.324 e. The van der Waals surface area contributed by atoms with E-state index in [1.807, 2.05) is 30.3 Å². The summed E-state index contributed by atoms with van der Waals surface area (Å²) in [7, 11) is 0. The molecule has 1 amide bonds. The Bertz CT molecular complexity index is 733. The second-order valence-electron chi connectivity index (χ2n) is 4.87. The Labute approximate surface area is 149 Å². The summed E-state index contributed by atoms with van der Waals surface area (Å²) in [5.41, 5.74) is 2.63. The van der Waals surface area contributed by atoms with Crippen LogP contribution in [0.2, 0.25) is 10.0 Å². The maximum absolute atomic E-state index is 12.4. The number of halogens is 4. The first-order chi connectivity index (χ1) is 9.90. The highest BCUT2D eigenvalue weighted by molar-refractivity contribution is 9.10. The number of hydrogen-bond acceptors (Lipinski definition) is 1. The molecule has 2 aromatic rings. The van der Waals surface area contributed by atoms with Gasteiger partial charge in [0.1, 0.15) is 4.32 Å². The minimum atomic E-state index is -0.802. The van der Waals surface area contributed by atoms with Crippen LogP contribution in [0.4, 0.5) is 5.69 Å². The van der Waals surface area contributed by atoms with Gasteiger partial charge in [-0.15, -0.1) is 0 Å². The molecular weight excluding hydrogens is 441 g/mol. The van der Waals surface area contributed by atoms with E-state index < -0.39 is 4.32 Å². The van der Waals surface area contributed by atoms with Crippen molar-refractivity contribution in [3.63, 3.8) is 0 Å². The molecule has 1 heterocycles. The average molecular weight is 450 g/mol. The van der Waals surface area contributed by atoms with E-state index in [-0.39, 0.29) is 5.91 Å². The second kappa shape index (κ2) is 5.58. The molecule has 0 spiro atoms. The molecule has 1 unspecified atom stereocenters. The molecule has 0 radical (unpaired) electrons. The molecule has 108 valence electrons. The van der Waals surface area contributed by atoms with E-state index in [1.54, 1.807) is 6.07 Å². The summed E-state index contributed by atoms with van der Waals surface area (Å²) >= 11 is 19.0. The van der Waals surface area contributed by atoms with Gasteiger partial charge in [0.05, 0.1) is 5.02 Å². The molecule has 6 heteroatoms. The first kappa shape index (κ1) is 15.3. The Balaban J connectivity index is 2.03. The molecule has 3 rings (SSSR count). The number of alkyl halides is 1.